The van der Waals surface area contributed by atoms with Crippen molar-refractivity contribution in [2.45, 2.75) is 6.42 Å². The molecule has 7 nitrogen and oxygen atoms in total. The van der Waals surface area contributed by atoms with Crippen LogP contribution in [0.25, 0.3) is 0 Å². The number of hydrogen-bond donors (Lipinski definition) is 2. The van der Waals surface area contributed by atoms with Crippen LogP contribution in [0.3, 0.4) is 0 Å². The minimum Gasteiger partial charge on any atom is -0.502 e. The maximum atomic E-state index is 12.5. The summed E-state index contributed by atoms with van der Waals surface area (Å²) in [4.78, 5) is 27.7. The van der Waals surface area contributed by atoms with Gasteiger partial charge in [-0.2, -0.15) is 0 Å². The number of phenols is 1. The van der Waals surface area contributed by atoms with Gasteiger partial charge in [0.05, 0.1) is 16.2 Å². The lowest BCUT2D eigenvalue weighted by Gasteiger charge is -2.07. The van der Waals surface area contributed by atoms with Crippen LogP contribution in [0.5, 0.6) is 5.75 Å². The molecule has 1 amide bonds. The summed E-state index contributed by atoms with van der Waals surface area (Å²) >= 11 is 3.37. The van der Waals surface area contributed by atoms with Gasteiger partial charge < -0.3 is 10.4 Å². The van der Waals surface area contributed by atoms with Gasteiger partial charge in [0.2, 0.25) is 5.75 Å². The highest BCUT2D eigenvalue weighted by molar-refractivity contribution is 9.10. The molecule has 174 valence electrons. The number of amides is 1. The second-order valence-electron chi connectivity index (χ2n) is 7.71. The molecule has 0 saturated heterocycles. The van der Waals surface area contributed by atoms with Crippen LogP contribution in [0.1, 0.15) is 27.0 Å². The Morgan fingerprint density at radius 2 is 1.66 bits per heavy atom. The highest BCUT2D eigenvalue weighted by atomic mass is 79.9. The van der Waals surface area contributed by atoms with E-state index >= 15 is 0 Å². The Morgan fingerprint density at radius 1 is 0.971 bits per heavy atom. The van der Waals surface area contributed by atoms with Crippen molar-refractivity contribution in [1.82, 2.24) is 0 Å². The molecular weight excluding hydrogens is 510 g/mol. The van der Waals surface area contributed by atoms with E-state index in [1.165, 1.54) is 12.3 Å². The molecule has 0 radical (unpaired) electrons. The van der Waals surface area contributed by atoms with Crippen molar-refractivity contribution in [3.05, 3.63) is 128 Å². The van der Waals surface area contributed by atoms with Crippen molar-refractivity contribution in [2.24, 2.45) is 4.99 Å². The zero-order chi connectivity index (χ0) is 24.8. The van der Waals surface area contributed by atoms with Crippen molar-refractivity contribution in [3.63, 3.8) is 0 Å². The Balaban J connectivity index is 1.53. The molecule has 8 heteroatoms. The van der Waals surface area contributed by atoms with E-state index in [0.29, 0.717) is 33.4 Å². The van der Waals surface area contributed by atoms with Gasteiger partial charge in [-0.05, 0) is 75.9 Å². The van der Waals surface area contributed by atoms with E-state index in [4.69, 9.17) is 0 Å². The summed E-state index contributed by atoms with van der Waals surface area (Å²) in [6.45, 7) is 0. The number of nitro benzene ring substituents is 1. The van der Waals surface area contributed by atoms with Gasteiger partial charge in [-0.15, -0.1) is 0 Å². The smallest absolute Gasteiger partial charge is 0.311 e. The highest BCUT2D eigenvalue weighted by Crippen LogP contribution is 2.32. The maximum Gasteiger partial charge on any atom is 0.311 e. The summed E-state index contributed by atoms with van der Waals surface area (Å²) in [6.07, 6.45) is 1.88. The fourth-order valence-corrected chi connectivity index (χ4v) is 3.96. The van der Waals surface area contributed by atoms with Crippen LogP contribution < -0.4 is 5.32 Å². The SMILES string of the molecule is O=C(Nc1ccc(N=Cc2cc(Cc3ccccc3)cc([N+](=O)[O-])c2O)cc1)c1ccccc1Br. The molecule has 0 aliphatic rings. The summed E-state index contributed by atoms with van der Waals surface area (Å²) in [5.74, 6) is -0.686. The van der Waals surface area contributed by atoms with Gasteiger partial charge in [-0.25, -0.2) is 0 Å². The number of phenolic OH excluding ortho intramolecular Hbond substituents is 1. The van der Waals surface area contributed by atoms with Crippen molar-refractivity contribution in [3.8, 4) is 5.75 Å². The third-order valence-corrected chi connectivity index (χ3v) is 5.91. The number of aliphatic imine (C=N–C) groups is 1. The Morgan fingerprint density at radius 3 is 2.34 bits per heavy atom. The first-order chi connectivity index (χ1) is 16.9. The Labute approximate surface area is 210 Å². The number of anilines is 1. The fourth-order valence-electron chi connectivity index (χ4n) is 3.49. The van der Waals surface area contributed by atoms with Crippen LogP contribution in [-0.4, -0.2) is 22.2 Å². The maximum absolute atomic E-state index is 12.5. The average Bonchev–Trinajstić information content (AvgIpc) is 2.85. The topological polar surface area (TPSA) is 105 Å². The first-order valence-corrected chi connectivity index (χ1v) is 11.4. The second kappa shape index (κ2) is 10.8. The number of nitrogens with zero attached hydrogens (tertiary/aromatic N) is 2. The van der Waals surface area contributed by atoms with Crippen LogP contribution in [0.4, 0.5) is 17.1 Å². The zero-order valence-corrected chi connectivity index (χ0v) is 20.0. The van der Waals surface area contributed by atoms with Gasteiger partial charge in [-0.3, -0.25) is 19.9 Å². The minimum absolute atomic E-state index is 0.247. The summed E-state index contributed by atoms with van der Waals surface area (Å²) in [5.41, 5.74) is 3.22. The summed E-state index contributed by atoms with van der Waals surface area (Å²) in [5, 5.41) is 24.7. The fraction of sp³-hybridized carbons (Fsp3) is 0.0370. The van der Waals surface area contributed by atoms with Crippen molar-refractivity contribution >= 4 is 45.1 Å². The number of hydrogen-bond acceptors (Lipinski definition) is 5. The van der Waals surface area contributed by atoms with E-state index in [1.807, 2.05) is 36.4 Å². The number of aromatic hydroxyl groups is 1. The highest BCUT2D eigenvalue weighted by Gasteiger charge is 2.18. The molecular formula is C27H20BrN3O4. The molecule has 2 N–H and O–H groups in total. The number of benzene rings is 4. The van der Waals surface area contributed by atoms with Crippen LogP contribution in [0.15, 0.2) is 100 Å². The first-order valence-electron chi connectivity index (χ1n) is 10.6. The van der Waals surface area contributed by atoms with Crippen molar-refractivity contribution < 1.29 is 14.8 Å². The molecule has 35 heavy (non-hydrogen) atoms. The Hall–Kier alpha value is -4.30. The van der Waals surface area contributed by atoms with Crippen molar-refractivity contribution in [2.75, 3.05) is 5.32 Å². The lowest BCUT2D eigenvalue weighted by Crippen LogP contribution is -2.12. The first kappa shape index (κ1) is 23.8. The quantitative estimate of drug-likeness (QED) is 0.158. The van der Waals surface area contributed by atoms with Gasteiger partial charge in [0.1, 0.15) is 0 Å². The van der Waals surface area contributed by atoms with Crippen LogP contribution >= 0.6 is 15.9 Å². The number of rotatable bonds is 7. The third kappa shape index (κ3) is 5.99. The van der Waals surface area contributed by atoms with Crippen molar-refractivity contribution in [1.29, 1.82) is 0 Å². The average molecular weight is 530 g/mol. The summed E-state index contributed by atoms with van der Waals surface area (Å²) < 4.78 is 0.696. The largest absolute Gasteiger partial charge is 0.502 e. The molecule has 0 fully saturated rings. The van der Waals surface area contributed by atoms with E-state index in [-0.39, 0.29) is 17.2 Å². The molecule has 4 rings (SSSR count). The number of nitrogens with one attached hydrogen (secondary N) is 1. The molecule has 0 heterocycles. The molecule has 0 atom stereocenters. The number of halogens is 1. The van der Waals surface area contributed by atoms with Gasteiger partial charge in [-0.1, -0.05) is 42.5 Å². The summed E-state index contributed by atoms with van der Waals surface area (Å²) in [6, 6.07) is 26.6. The van der Waals surface area contributed by atoms with Gasteiger partial charge in [0, 0.05) is 28.0 Å². The monoisotopic (exact) mass is 529 g/mol. The molecule has 4 aromatic rings. The molecule has 0 aliphatic heterocycles. The van der Waals surface area contributed by atoms with E-state index < -0.39 is 10.7 Å². The van der Waals surface area contributed by atoms with Gasteiger partial charge >= 0.3 is 5.69 Å². The lowest BCUT2D eigenvalue weighted by atomic mass is 10.0. The van der Waals surface area contributed by atoms with E-state index in [9.17, 15) is 20.0 Å². The van der Waals surface area contributed by atoms with Gasteiger partial charge in [0.15, 0.2) is 0 Å². The van der Waals surface area contributed by atoms with Crippen LogP contribution in [0, 0.1) is 10.1 Å². The Bertz CT molecular complexity index is 1400. The second-order valence-corrected chi connectivity index (χ2v) is 8.57. The Kier molecular flexibility index (Phi) is 7.32. The van der Waals surface area contributed by atoms with E-state index in [2.05, 4.69) is 26.2 Å². The van der Waals surface area contributed by atoms with E-state index in [0.717, 1.165) is 5.56 Å². The predicted molar refractivity (Wildman–Crippen MR) is 140 cm³/mol. The molecule has 0 bridgehead atoms. The molecule has 0 aromatic heterocycles. The van der Waals surface area contributed by atoms with Crippen LogP contribution in [-0.2, 0) is 6.42 Å². The normalized spacial score (nSPS) is 10.9. The van der Waals surface area contributed by atoms with Gasteiger partial charge in [0.25, 0.3) is 5.91 Å². The number of nitro groups is 1. The lowest BCUT2D eigenvalue weighted by molar-refractivity contribution is -0.385. The standard InChI is InChI=1S/C27H20BrN3O4/c28-24-9-5-4-8-23(24)27(33)30-22-12-10-21(11-13-22)29-17-20-15-19(14-18-6-2-1-3-7-18)16-25(26(20)32)31(34)35/h1-13,15-17,32H,14H2,(H,30,33). The number of carbonyl (C=O) groups is 1. The molecule has 4 aromatic carbocycles. The van der Waals surface area contributed by atoms with Crippen LogP contribution in [0.2, 0.25) is 0 Å². The molecule has 0 saturated carbocycles. The molecule has 0 aliphatic carbocycles. The predicted octanol–water partition coefficient (Wildman–Crippen LogP) is 6.66. The zero-order valence-electron chi connectivity index (χ0n) is 18.4. The third-order valence-electron chi connectivity index (χ3n) is 5.22. The minimum atomic E-state index is -0.607. The molecule has 0 unspecified atom stereocenters. The molecule has 0 spiro atoms. The summed E-state index contributed by atoms with van der Waals surface area (Å²) in [7, 11) is 0. The number of carbonyl (C=O) groups excluding carboxylic acids is 1. The van der Waals surface area contributed by atoms with E-state index in [1.54, 1.807) is 48.5 Å².